The summed E-state index contributed by atoms with van der Waals surface area (Å²) >= 11 is 6.09. The number of fused-ring (bicyclic) bond motifs is 1. The maximum atomic E-state index is 12.6. The van der Waals surface area contributed by atoms with Crippen LogP contribution in [-0.2, 0) is 9.53 Å². The number of hydrogen-bond donors (Lipinski definition) is 0. The third kappa shape index (κ3) is 3.82. The van der Waals surface area contributed by atoms with Gasteiger partial charge in [0, 0.05) is 0 Å². The van der Waals surface area contributed by atoms with Crippen LogP contribution in [0.25, 0.3) is 10.2 Å². The predicted octanol–water partition coefficient (Wildman–Crippen LogP) is 4.78. The number of hydrogen-bond acceptors (Lipinski definition) is 5. The summed E-state index contributed by atoms with van der Waals surface area (Å²) in [7, 11) is 0. The number of aromatic nitrogens is 1. The molecule has 136 valence electrons. The van der Waals surface area contributed by atoms with Gasteiger partial charge in [-0.1, -0.05) is 30.4 Å². The Morgan fingerprint density at radius 2 is 1.96 bits per heavy atom. The average molecular weight is 453 g/mol. The van der Waals surface area contributed by atoms with Crippen LogP contribution in [0.1, 0.15) is 36.0 Å². The summed E-state index contributed by atoms with van der Waals surface area (Å²) in [5.74, 6) is -0.633. The zero-order valence-electron chi connectivity index (χ0n) is 14.3. The molecule has 8 heteroatoms. The van der Waals surface area contributed by atoms with Gasteiger partial charge in [-0.3, -0.25) is 4.79 Å². The normalized spacial score (nSPS) is 13.1. The number of thiazole rings is 1. The fourth-order valence-corrected chi connectivity index (χ4v) is 4.97. The van der Waals surface area contributed by atoms with Crippen LogP contribution in [0.3, 0.4) is 0 Å². The Bertz CT molecular complexity index is 1020. The monoisotopic (exact) mass is 452 g/mol. The van der Waals surface area contributed by atoms with Gasteiger partial charge in [0.25, 0.3) is 5.91 Å². The number of rotatable bonds is 5. The lowest BCUT2D eigenvalue weighted by Gasteiger charge is -2.16. The number of esters is 1. The quantitative estimate of drug-likeness (QED) is 0.523. The van der Waals surface area contributed by atoms with Gasteiger partial charge in [0.2, 0.25) is 0 Å². The molecule has 1 aromatic carbocycles. The highest BCUT2D eigenvalue weighted by molar-refractivity contribution is 9.11. The van der Waals surface area contributed by atoms with Gasteiger partial charge in [-0.2, -0.15) is 4.99 Å². The van der Waals surface area contributed by atoms with Crippen LogP contribution in [0.5, 0.6) is 0 Å². The third-order valence-electron chi connectivity index (χ3n) is 3.77. The molecule has 1 unspecified atom stereocenters. The van der Waals surface area contributed by atoms with Crippen molar-refractivity contribution in [2.45, 2.75) is 26.3 Å². The highest BCUT2D eigenvalue weighted by atomic mass is 79.9. The van der Waals surface area contributed by atoms with Gasteiger partial charge in [-0.25, -0.2) is 4.79 Å². The lowest BCUT2D eigenvalue weighted by molar-refractivity contribution is -0.147. The summed E-state index contributed by atoms with van der Waals surface area (Å²) in [4.78, 5) is 30.4. The maximum Gasteiger partial charge on any atom is 0.329 e. The summed E-state index contributed by atoms with van der Waals surface area (Å²) in [6.07, 6.45) is 0.547. The first-order chi connectivity index (χ1) is 12.5. The van der Waals surface area contributed by atoms with Crippen molar-refractivity contribution in [3.05, 3.63) is 49.9 Å². The van der Waals surface area contributed by atoms with Gasteiger partial charge in [0.05, 0.1) is 25.5 Å². The van der Waals surface area contributed by atoms with Crippen LogP contribution in [0, 0.1) is 0 Å². The molecular formula is C18H17BrN2O3S2. The van der Waals surface area contributed by atoms with E-state index >= 15 is 0 Å². The molecule has 0 aliphatic heterocycles. The molecule has 2 aromatic heterocycles. The zero-order chi connectivity index (χ0) is 18.7. The van der Waals surface area contributed by atoms with E-state index in [1.807, 2.05) is 41.8 Å². The van der Waals surface area contributed by atoms with Gasteiger partial charge >= 0.3 is 5.97 Å². The van der Waals surface area contributed by atoms with E-state index in [1.54, 1.807) is 13.0 Å². The summed E-state index contributed by atoms with van der Waals surface area (Å²) in [6, 6.07) is 10.8. The molecule has 1 atom stereocenters. The molecule has 3 aromatic rings. The first-order valence-corrected chi connectivity index (χ1v) is 10.6. The van der Waals surface area contributed by atoms with Gasteiger partial charge in [0.15, 0.2) is 4.80 Å². The molecule has 1 amide bonds. The van der Waals surface area contributed by atoms with Crippen molar-refractivity contribution in [2.24, 2.45) is 4.99 Å². The Hall–Kier alpha value is -1.77. The number of carbonyl (C=O) groups is 2. The number of para-hydroxylation sites is 1. The van der Waals surface area contributed by atoms with E-state index in [2.05, 4.69) is 20.9 Å². The molecule has 0 aliphatic rings. The number of halogens is 1. The number of benzene rings is 1. The summed E-state index contributed by atoms with van der Waals surface area (Å²) < 4.78 is 8.89. The van der Waals surface area contributed by atoms with E-state index < -0.39 is 6.04 Å². The minimum Gasteiger partial charge on any atom is -0.464 e. The summed E-state index contributed by atoms with van der Waals surface area (Å²) in [5, 5.41) is 0. The second-order valence-corrected chi connectivity index (χ2v) is 8.89. The van der Waals surface area contributed by atoms with Crippen molar-refractivity contribution >= 4 is 60.7 Å². The SMILES string of the molecule is CCOC(=O)C(CC)n1/c(=N\C(=O)c2ccc(Br)s2)sc2ccccc21. The van der Waals surface area contributed by atoms with Crippen LogP contribution in [-0.4, -0.2) is 23.1 Å². The zero-order valence-corrected chi connectivity index (χ0v) is 17.5. The minimum absolute atomic E-state index is 0.312. The number of carbonyl (C=O) groups excluding carboxylic acids is 2. The number of thiophene rings is 1. The lowest BCUT2D eigenvalue weighted by atomic mass is 10.2. The van der Waals surface area contributed by atoms with Crippen LogP contribution >= 0.6 is 38.6 Å². The van der Waals surface area contributed by atoms with Crippen molar-refractivity contribution in [3.8, 4) is 0 Å². The van der Waals surface area contributed by atoms with Crippen LogP contribution in [0.4, 0.5) is 0 Å². The highest BCUT2D eigenvalue weighted by Crippen LogP contribution is 2.25. The van der Waals surface area contributed by atoms with E-state index in [9.17, 15) is 9.59 Å². The Balaban J connectivity index is 2.17. The molecule has 3 rings (SSSR count). The average Bonchev–Trinajstić information content (AvgIpc) is 3.20. The van der Waals surface area contributed by atoms with Crippen molar-refractivity contribution in [1.82, 2.24) is 4.57 Å². The number of ether oxygens (including phenoxy) is 1. The van der Waals surface area contributed by atoms with Crippen molar-refractivity contribution in [1.29, 1.82) is 0 Å². The van der Waals surface area contributed by atoms with E-state index in [1.165, 1.54) is 22.7 Å². The summed E-state index contributed by atoms with van der Waals surface area (Å²) in [5.41, 5.74) is 0.872. The van der Waals surface area contributed by atoms with Crippen LogP contribution < -0.4 is 4.80 Å². The molecule has 5 nitrogen and oxygen atoms in total. The summed E-state index contributed by atoms with van der Waals surface area (Å²) in [6.45, 7) is 4.01. The third-order valence-corrected chi connectivity index (χ3v) is 6.42. The van der Waals surface area contributed by atoms with Crippen molar-refractivity contribution in [2.75, 3.05) is 6.61 Å². The first kappa shape index (κ1) is 19.0. The van der Waals surface area contributed by atoms with Crippen LogP contribution in [0.2, 0.25) is 0 Å². The fraction of sp³-hybridized carbons (Fsp3) is 0.278. The maximum absolute atomic E-state index is 12.6. The van der Waals surface area contributed by atoms with E-state index in [0.717, 1.165) is 14.0 Å². The minimum atomic E-state index is -0.521. The van der Waals surface area contributed by atoms with Crippen molar-refractivity contribution < 1.29 is 14.3 Å². The smallest absolute Gasteiger partial charge is 0.329 e. The predicted molar refractivity (Wildman–Crippen MR) is 108 cm³/mol. The van der Waals surface area contributed by atoms with E-state index in [-0.39, 0.29) is 11.9 Å². The molecule has 0 saturated carbocycles. The van der Waals surface area contributed by atoms with E-state index in [4.69, 9.17) is 4.74 Å². The van der Waals surface area contributed by atoms with E-state index in [0.29, 0.717) is 22.7 Å². The molecule has 0 spiro atoms. The molecule has 0 saturated heterocycles. The Morgan fingerprint density at radius 3 is 2.62 bits per heavy atom. The lowest BCUT2D eigenvalue weighted by Crippen LogP contribution is -2.29. The molecule has 0 radical (unpaired) electrons. The highest BCUT2D eigenvalue weighted by Gasteiger charge is 2.24. The van der Waals surface area contributed by atoms with Gasteiger partial charge in [-0.15, -0.1) is 11.3 Å². The molecule has 0 bridgehead atoms. The molecule has 0 aliphatic carbocycles. The Labute approximate surface area is 167 Å². The second kappa shape index (κ2) is 8.28. The molecule has 0 fully saturated rings. The Kier molecular flexibility index (Phi) is 6.05. The number of nitrogens with zero attached hydrogens (tertiary/aromatic N) is 2. The number of amides is 1. The fourth-order valence-electron chi connectivity index (χ4n) is 2.64. The molecule has 26 heavy (non-hydrogen) atoms. The largest absolute Gasteiger partial charge is 0.464 e. The van der Waals surface area contributed by atoms with Gasteiger partial charge < -0.3 is 9.30 Å². The molecular weight excluding hydrogens is 436 g/mol. The molecule has 2 heterocycles. The standard InChI is InChI=1S/C18H17BrN2O3S2/c1-3-11(17(23)24-4-2)21-12-7-5-6-8-13(12)26-18(21)20-16(22)14-9-10-15(19)25-14/h5-11H,3-4H2,1-2H3/b20-18+. The van der Waals surface area contributed by atoms with Gasteiger partial charge in [-0.05, 0) is 53.5 Å². The topological polar surface area (TPSA) is 60.7 Å². The first-order valence-electron chi connectivity index (χ1n) is 8.16. The molecule has 0 N–H and O–H groups in total. The van der Waals surface area contributed by atoms with Gasteiger partial charge in [0.1, 0.15) is 6.04 Å². The Morgan fingerprint density at radius 1 is 1.19 bits per heavy atom. The van der Waals surface area contributed by atoms with Crippen molar-refractivity contribution in [3.63, 3.8) is 0 Å². The van der Waals surface area contributed by atoms with Crippen LogP contribution in [0.15, 0.2) is 45.2 Å². The second-order valence-electron chi connectivity index (χ2n) is 5.42.